The van der Waals surface area contributed by atoms with Crippen LogP contribution < -0.4 is 10.5 Å². The molecule has 0 bridgehead atoms. The first kappa shape index (κ1) is 20.7. The van der Waals surface area contributed by atoms with Crippen molar-refractivity contribution < 1.29 is 27.2 Å². The van der Waals surface area contributed by atoms with E-state index in [0.717, 1.165) is 11.3 Å². The molecule has 1 atom stereocenters. The summed E-state index contributed by atoms with van der Waals surface area (Å²) in [6.45, 7) is 1.79. The zero-order valence-electron chi connectivity index (χ0n) is 15.2. The van der Waals surface area contributed by atoms with Crippen LogP contribution in [0.4, 0.5) is 13.2 Å². The number of nitrogens with zero attached hydrogens (tertiary/aromatic N) is 2. The number of benzene rings is 1. The van der Waals surface area contributed by atoms with Crippen molar-refractivity contribution in [3.05, 3.63) is 41.5 Å². The number of aromatic nitrogens is 2. The average Bonchev–Trinajstić information content (AvgIpc) is 3.09. The van der Waals surface area contributed by atoms with Gasteiger partial charge in [0.15, 0.2) is 5.82 Å². The zero-order valence-corrected chi connectivity index (χ0v) is 15.2. The molecule has 2 rings (SSSR count). The maximum Gasteiger partial charge on any atom is 0.471 e. The molecule has 0 aliphatic carbocycles. The molecule has 6 nitrogen and oxygen atoms in total. The number of alkyl halides is 3. The highest BCUT2D eigenvalue weighted by Gasteiger charge is 2.38. The summed E-state index contributed by atoms with van der Waals surface area (Å²) in [5, 5.41) is 3.33. The second-order valence-electron chi connectivity index (χ2n) is 6.67. The SMILES string of the molecule is COc1ccc(CC(C)(CCCCc2noc(C(F)(F)F)n2)C(N)=O)cc1. The number of rotatable bonds is 9. The molecule has 1 unspecified atom stereocenters. The number of hydrogen-bond donors (Lipinski definition) is 1. The third-order valence-corrected chi connectivity index (χ3v) is 4.44. The van der Waals surface area contributed by atoms with Crippen molar-refractivity contribution in [3.63, 3.8) is 0 Å². The summed E-state index contributed by atoms with van der Waals surface area (Å²) in [4.78, 5) is 15.3. The van der Waals surface area contributed by atoms with Crippen LogP contribution in [0.1, 0.15) is 43.5 Å². The highest BCUT2D eigenvalue weighted by molar-refractivity contribution is 5.80. The van der Waals surface area contributed by atoms with Crippen molar-refractivity contribution in [2.24, 2.45) is 11.1 Å². The van der Waals surface area contributed by atoms with Gasteiger partial charge < -0.3 is 15.0 Å². The summed E-state index contributed by atoms with van der Waals surface area (Å²) < 4.78 is 46.6. The van der Waals surface area contributed by atoms with Crippen molar-refractivity contribution in [2.45, 2.75) is 45.2 Å². The van der Waals surface area contributed by atoms with E-state index in [1.165, 1.54) is 0 Å². The van der Waals surface area contributed by atoms with Crippen LogP contribution in [0.2, 0.25) is 0 Å². The summed E-state index contributed by atoms with van der Waals surface area (Å²) in [7, 11) is 1.57. The Balaban J connectivity index is 1.89. The number of carbonyl (C=O) groups is 1. The van der Waals surface area contributed by atoms with Crippen LogP contribution in [0.25, 0.3) is 0 Å². The second kappa shape index (κ2) is 8.41. The molecule has 0 aliphatic heterocycles. The van der Waals surface area contributed by atoms with Gasteiger partial charge in [-0.05, 0) is 37.0 Å². The lowest BCUT2D eigenvalue weighted by Gasteiger charge is -2.26. The minimum absolute atomic E-state index is 0.00161. The third-order valence-electron chi connectivity index (χ3n) is 4.44. The van der Waals surface area contributed by atoms with Crippen LogP contribution in [-0.2, 0) is 23.8 Å². The average molecular weight is 385 g/mol. The number of amides is 1. The van der Waals surface area contributed by atoms with Crippen LogP contribution in [0.3, 0.4) is 0 Å². The molecule has 1 aromatic heterocycles. The van der Waals surface area contributed by atoms with Gasteiger partial charge in [0.2, 0.25) is 5.91 Å². The topological polar surface area (TPSA) is 91.2 Å². The Bertz CT molecular complexity index is 759. The van der Waals surface area contributed by atoms with Gasteiger partial charge in [-0.15, -0.1) is 0 Å². The Morgan fingerprint density at radius 3 is 2.41 bits per heavy atom. The molecule has 2 N–H and O–H groups in total. The molecule has 1 heterocycles. The molecule has 0 spiro atoms. The van der Waals surface area contributed by atoms with Crippen LogP contribution in [0.15, 0.2) is 28.8 Å². The van der Waals surface area contributed by atoms with Crippen LogP contribution in [-0.4, -0.2) is 23.2 Å². The van der Waals surface area contributed by atoms with E-state index in [2.05, 4.69) is 14.7 Å². The van der Waals surface area contributed by atoms with Gasteiger partial charge >= 0.3 is 12.1 Å². The molecule has 27 heavy (non-hydrogen) atoms. The fraction of sp³-hybridized carbons (Fsp3) is 0.500. The molecule has 0 aliphatic rings. The largest absolute Gasteiger partial charge is 0.497 e. The summed E-state index contributed by atoms with van der Waals surface area (Å²) in [6, 6.07) is 7.37. The zero-order chi connectivity index (χ0) is 20.1. The predicted molar refractivity (Wildman–Crippen MR) is 90.9 cm³/mol. The van der Waals surface area contributed by atoms with Crippen LogP contribution in [0.5, 0.6) is 5.75 Å². The Kier molecular flexibility index (Phi) is 6.45. The molecule has 148 valence electrons. The number of aryl methyl sites for hydroxylation is 1. The number of primary amides is 1. The van der Waals surface area contributed by atoms with E-state index in [9.17, 15) is 18.0 Å². The second-order valence-corrected chi connectivity index (χ2v) is 6.67. The van der Waals surface area contributed by atoms with Gasteiger partial charge in [0.25, 0.3) is 0 Å². The number of ether oxygens (including phenoxy) is 1. The van der Waals surface area contributed by atoms with Crippen LogP contribution >= 0.6 is 0 Å². The molecule has 0 saturated carbocycles. The standard InChI is InChI=1S/C18H22F3N3O3/c1-17(15(22)25,11-12-6-8-13(26-2)9-7-12)10-4-3-5-14-23-16(27-24-14)18(19,20)21/h6-9H,3-5,10-11H2,1-2H3,(H2,22,25). The molecular formula is C18H22F3N3O3. The van der Waals surface area contributed by atoms with Gasteiger partial charge in [0.1, 0.15) is 5.75 Å². The minimum Gasteiger partial charge on any atom is -0.497 e. The molecule has 1 aromatic carbocycles. The number of methoxy groups -OCH3 is 1. The maximum absolute atomic E-state index is 12.4. The first-order chi connectivity index (χ1) is 12.6. The third kappa shape index (κ3) is 5.70. The number of carbonyl (C=O) groups excluding carboxylic acids is 1. The van der Waals surface area contributed by atoms with Crippen molar-refractivity contribution in [1.82, 2.24) is 10.1 Å². The van der Waals surface area contributed by atoms with Gasteiger partial charge in [-0.25, -0.2) is 0 Å². The van der Waals surface area contributed by atoms with E-state index < -0.39 is 23.4 Å². The van der Waals surface area contributed by atoms with Crippen molar-refractivity contribution in [2.75, 3.05) is 7.11 Å². The summed E-state index contributed by atoms with van der Waals surface area (Å²) in [6.07, 6.45) is -2.34. The molecule has 2 aromatic rings. The predicted octanol–water partition coefficient (Wildman–Crippen LogP) is 3.54. The van der Waals surface area contributed by atoms with E-state index in [1.54, 1.807) is 14.0 Å². The van der Waals surface area contributed by atoms with Crippen molar-refractivity contribution in [3.8, 4) is 5.75 Å². The summed E-state index contributed by atoms with van der Waals surface area (Å²) in [5.74, 6) is -1.05. The normalized spacial score (nSPS) is 14.0. The maximum atomic E-state index is 12.4. The monoisotopic (exact) mass is 385 g/mol. The lowest BCUT2D eigenvalue weighted by molar-refractivity contribution is -0.159. The smallest absolute Gasteiger partial charge is 0.471 e. The molecule has 0 fully saturated rings. The Morgan fingerprint density at radius 1 is 1.22 bits per heavy atom. The lowest BCUT2D eigenvalue weighted by atomic mass is 9.78. The highest BCUT2D eigenvalue weighted by atomic mass is 19.4. The number of nitrogens with two attached hydrogens (primary N) is 1. The van der Waals surface area contributed by atoms with E-state index in [-0.39, 0.29) is 12.2 Å². The molecular weight excluding hydrogens is 363 g/mol. The van der Waals surface area contributed by atoms with E-state index >= 15 is 0 Å². The Labute approximate surface area is 154 Å². The Hall–Kier alpha value is -2.58. The first-order valence-corrected chi connectivity index (χ1v) is 8.47. The van der Waals surface area contributed by atoms with Gasteiger partial charge in [0.05, 0.1) is 12.5 Å². The quantitative estimate of drug-likeness (QED) is 0.667. The molecule has 0 saturated heterocycles. The van der Waals surface area contributed by atoms with Gasteiger partial charge in [-0.1, -0.05) is 30.6 Å². The highest BCUT2D eigenvalue weighted by Crippen LogP contribution is 2.30. The van der Waals surface area contributed by atoms with Gasteiger partial charge in [0, 0.05) is 6.42 Å². The molecule has 1 amide bonds. The fourth-order valence-electron chi connectivity index (χ4n) is 2.76. The number of halogens is 3. The lowest BCUT2D eigenvalue weighted by Crippen LogP contribution is -2.36. The minimum atomic E-state index is -4.64. The van der Waals surface area contributed by atoms with Crippen LogP contribution in [0, 0.1) is 5.41 Å². The van der Waals surface area contributed by atoms with Gasteiger partial charge in [-0.3, -0.25) is 4.79 Å². The molecule has 0 radical (unpaired) electrons. The first-order valence-electron chi connectivity index (χ1n) is 8.47. The van der Waals surface area contributed by atoms with E-state index in [1.807, 2.05) is 24.3 Å². The number of hydrogen-bond acceptors (Lipinski definition) is 5. The number of unbranched alkanes of at least 4 members (excludes halogenated alkanes) is 1. The summed E-state index contributed by atoms with van der Waals surface area (Å²) in [5.41, 5.74) is 5.78. The van der Waals surface area contributed by atoms with Crippen molar-refractivity contribution >= 4 is 5.91 Å². The molecule has 9 heteroatoms. The van der Waals surface area contributed by atoms with Gasteiger partial charge in [-0.2, -0.15) is 18.2 Å². The Morgan fingerprint density at radius 2 is 1.89 bits per heavy atom. The van der Waals surface area contributed by atoms with Crippen molar-refractivity contribution in [1.29, 1.82) is 0 Å². The summed E-state index contributed by atoms with van der Waals surface area (Å²) >= 11 is 0. The fourth-order valence-corrected chi connectivity index (χ4v) is 2.76. The van der Waals surface area contributed by atoms with E-state index in [0.29, 0.717) is 25.7 Å². The van der Waals surface area contributed by atoms with E-state index in [4.69, 9.17) is 10.5 Å².